The molecule has 0 aliphatic carbocycles. The fourth-order valence-corrected chi connectivity index (χ4v) is 2.01. The molecule has 0 radical (unpaired) electrons. The summed E-state index contributed by atoms with van der Waals surface area (Å²) in [6.07, 6.45) is 0. The van der Waals surface area contributed by atoms with Crippen molar-refractivity contribution < 1.29 is 0 Å². The van der Waals surface area contributed by atoms with Crippen molar-refractivity contribution in [1.82, 2.24) is 0 Å². The molecule has 72 valence electrons. The lowest BCUT2D eigenvalue weighted by atomic mass is 9.95. The Balaban J connectivity index is 3.20. The van der Waals surface area contributed by atoms with E-state index in [2.05, 4.69) is 32.9 Å². The van der Waals surface area contributed by atoms with Crippen LogP contribution in [0.3, 0.4) is 0 Å². The van der Waals surface area contributed by atoms with Crippen molar-refractivity contribution in [3.8, 4) is 0 Å². The predicted molar refractivity (Wildman–Crippen MR) is 58.3 cm³/mol. The van der Waals surface area contributed by atoms with Crippen molar-refractivity contribution in [2.75, 3.05) is 5.88 Å². The molecule has 1 aromatic carbocycles. The monoisotopic (exact) mass is 197 g/mol. The minimum Gasteiger partial charge on any atom is -0.323 e. The number of hydrogen-bond acceptors (Lipinski definition) is 1. The van der Waals surface area contributed by atoms with Gasteiger partial charge in [0.15, 0.2) is 0 Å². The number of benzene rings is 1. The van der Waals surface area contributed by atoms with Crippen LogP contribution in [0.25, 0.3) is 0 Å². The van der Waals surface area contributed by atoms with E-state index in [0.717, 1.165) is 0 Å². The minimum absolute atomic E-state index is 0.0396. The van der Waals surface area contributed by atoms with Crippen molar-refractivity contribution >= 4 is 11.6 Å². The van der Waals surface area contributed by atoms with E-state index in [0.29, 0.717) is 5.88 Å². The summed E-state index contributed by atoms with van der Waals surface area (Å²) >= 11 is 5.75. The minimum atomic E-state index is -0.0396. The SMILES string of the molecule is Cc1cc(C)c(C(N)CCl)c(C)c1. The molecular formula is C11H16ClN. The molecule has 0 saturated carbocycles. The number of nitrogens with two attached hydrogens (primary N) is 1. The third-order valence-electron chi connectivity index (χ3n) is 2.28. The summed E-state index contributed by atoms with van der Waals surface area (Å²) in [6, 6.07) is 4.26. The van der Waals surface area contributed by atoms with Gasteiger partial charge < -0.3 is 5.73 Å². The quantitative estimate of drug-likeness (QED) is 0.725. The molecule has 0 aliphatic rings. The Morgan fingerprint density at radius 1 is 1.23 bits per heavy atom. The molecule has 1 rings (SSSR count). The normalized spacial score (nSPS) is 13.0. The molecule has 13 heavy (non-hydrogen) atoms. The number of halogens is 1. The molecule has 1 aromatic rings. The van der Waals surface area contributed by atoms with Gasteiger partial charge in [-0.3, -0.25) is 0 Å². The highest BCUT2D eigenvalue weighted by Gasteiger charge is 2.10. The first-order valence-corrected chi connectivity index (χ1v) is 4.99. The lowest BCUT2D eigenvalue weighted by Gasteiger charge is -2.15. The van der Waals surface area contributed by atoms with E-state index >= 15 is 0 Å². The van der Waals surface area contributed by atoms with Crippen LogP contribution in [0, 0.1) is 20.8 Å². The van der Waals surface area contributed by atoms with Crippen molar-refractivity contribution in [2.24, 2.45) is 5.73 Å². The third kappa shape index (κ3) is 2.23. The van der Waals surface area contributed by atoms with E-state index in [1.807, 2.05) is 0 Å². The van der Waals surface area contributed by atoms with Crippen molar-refractivity contribution in [3.05, 3.63) is 34.4 Å². The molecule has 2 N–H and O–H groups in total. The zero-order valence-electron chi connectivity index (χ0n) is 8.39. The topological polar surface area (TPSA) is 26.0 Å². The maximum Gasteiger partial charge on any atom is 0.0437 e. The van der Waals surface area contributed by atoms with Crippen LogP contribution in [-0.2, 0) is 0 Å². The number of rotatable bonds is 2. The van der Waals surface area contributed by atoms with E-state index < -0.39 is 0 Å². The van der Waals surface area contributed by atoms with Gasteiger partial charge in [-0.2, -0.15) is 0 Å². The summed E-state index contributed by atoms with van der Waals surface area (Å²) < 4.78 is 0. The van der Waals surface area contributed by atoms with Gasteiger partial charge in [-0.1, -0.05) is 17.7 Å². The Labute approximate surface area is 84.9 Å². The molecule has 0 saturated heterocycles. The highest BCUT2D eigenvalue weighted by molar-refractivity contribution is 6.18. The number of hydrogen-bond donors (Lipinski definition) is 1. The van der Waals surface area contributed by atoms with Gasteiger partial charge in [0.25, 0.3) is 0 Å². The molecule has 1 atom stereocenters. The maximum atomic E-state index is 5.91. The van der Waals surface area contributed by atoms with Crippen molar-refractivity contribution in [1.29, 1.82) is 0 Å². The molecule has 0 spiro atoms. The van der Waals surface area contributed by atoms with Gasteiger partial charge in [0.1, 0.15) is 0 Å². The van der Waals surface area contributed by atoms with E-state index in [1.54, 1.807) is 0 Å². The van der Waals surface area contributed by atoms with Crippen molar-refractivity contribution in [2.45, 2.75) is 26.8 Å². The van der Waals surface area contributed by atoms with Gasteiger partial charge in [-0.15, -0.1) is 11.6 Å². The Hall–Kier alpha value is -0.530. The fourth-order valence-electron chi connectivity index (χ4n) is 1.85. The second-order valence-corrected chi connectivity index (χ2v) is 3.88. The van der Waals surface area contributed by atoms with E-state index in [-0.39, 0.29) is 6.04 Å². The molecule has 0 amide bonds. The van der Waals surface area contributed by atoms with Gasteiger partial charge >= 0.3 is 0 Å². The van der Waals surface area contributed by atoms with Crippen LogP contribution in [0.5, 0.6) is 0 Å². The Morgan fingerprint density at radius 3 is 2.08 bits per heavy atom. The van der Waals surface area contributed by atoms with Crippen LogP contribution < -0.4 is 5.73 Å². The van der Waals surface area contributed by atoms with E-state index in [9.17, 15) is 0 Å². The first-order valence-electron chi connectivity index (χ1n) is 4.45. The highest BCUT2D eigenvalue weighted by Crippen LogP contribution is 2.22. The Kier molecular flexibility index (Phi) is 3.34. The summed E-state index contributed by atoms with van der Waals surface area (Å²) in [6.45, 7) is 6.26. The molecule has 0 aliphatic heterocycles. The van der Waals surface area contributed by atoms with Crippen LogP contribution in [-0.4, -0.2) is 5.88 Å². The summed E-state index contributed by atoms with van der Waals surface area (Å²) in [5, 5.41) is 0. The van der Waals surface area contributed by atoms with Crippen molar-refractivity contribution in [3.63, 3.8) is 0 Å². The van der Waals surface area contributed by atoms with Crippen LogP contribution >= 0.6 is 11.6 Å². The molecule has 1 nitrogen and oxygen atoms in total. The fraction of sp³-hybridized carbons (Fsp3) is 0.455. The first kappa shape index (κ1) is 10.6. The predicted octanol–water partition coefficient (Wildman–Crippen LogP) is 2.85. The average molecular weight is 198 g/mol. The number of aryl methyl sites for hydroxylation is 3. The molecule has 0 fully saturated rings. The van der Waals surface area contributed by atoms with Gasteiger partial charge in [0, 0.05) is 11.9 Å². The average Bonchev–Trinajstić information content (AvgIpc) is 2.02. The van der Waals surface area contributed by atoms with E-state index in [4.69, 9.17) is 17.3 Å². The molecule has 1 unspecified atom stereocenters. The molecular weight excluding hydrogens is 182 g/mol. The molecule has 0 heterocycles. The van der Waals surface area contributed by atoms with Gasteiger partial charge in [-0.05, 0) is 37.5 Å². The maximum absolute atomic E-state index is 5.91. The lowest BCUT2D eigenvalue weighted by Crippen LogP contribution is -2.14. The Bertz CT molecular complexity index is 284. The number of alkyl halides is 1. The summed E-state index contributed by atoms with van der Waals surface area (Å²) in [7, 11) is 0. The molecule has 0 aromatic heterocycles. The molecule has 2 heteroatoms. The van der Waals surface area contributed by atoms with E-state index in [1.165, 1.54) is 22.3 Å². The van der Waals surface area contributed by atoms with Crippen LogP contribution in [0.4, 0.5) is 0 Å². The zero-order valence-corrected chi connectivity index (χ0v) is 9.15. The highest BCUT2D eigenvalue weighted by atomic mass is 35.5. The third-order valence-corrected chi connectivity index (χ3v) is 2.61. The van der Waals surface area contributed by atoms with Crippen LogP contribution in [0.2, 0.25) is 0 Å². The van der Waals surface area contributed by atoms with Gasteiger partial charge in [0.05, 0.1) is 0 Å². The zero-order chi connectivity index (χ0) is 10.0. The lowest BCUT2D eigenvalue weighted by molar-refractivity contribution is 0.808. The smallest absolute Gasteiger partial charge is 0.0437 e. The summed E-state index contributed by atoms with van der Waals surface area (Å²) in [5.74, 6) is 0.477. The Morgan fingerprint density at radius 2 is 1.69 bits per heavy atom. The van der Waals surface area contributed by atoms with Crippen LogP contribution in [0.1, 0.15) is 28.3 Å². The van der Waals surface area contributed by atoms with Gasteiger partial charge in [0.2, 0.25) is 0 Å². The first-order chi connectivity index (χ1) is 6.06. The van der Waals surface area contributed by atoms with Gasteiger partial charge in [-0.25, -0.2) is 0 Å². The second-order valence-electron chi connectivity index (χ2n) is 3.57. The van der Waals surface area contributed by atoms with Crippen LogP contribution in [0.15, 0.2) is 12.1 Å². The summed E-state index contributed by atoms with van der Waals surface area (Å²) in [5.41, 5.74) is 10.9. The second kappa shape index (κ2) is 4.12. The summed E-state index contributed by atoms with van der Waals surface area (Å²) in [4.78, 5) is 0. The largest absolute Gasteiger partial charge is 0.323 e. The standard InChI is InChI=1S/C11H16ClN/c1-7-4-8(2)11(9(3)5-7)10(13)6-12/h4-5,10H,6,13H2,1-3H3. The molecule has 0 bridgehead atoms.